The first-order valence-electron chi connectivity index (χ1n) is 7.12. The number of anilines is 1. The molecule has 0 radical (unpaired) electrons. The van der Waals surface area contributed by atoms with E-state index < -0.39 is 0 Å². The summed E-state index contributed by atoms with van der Waals surface area (Å²) in [5.41, 5.74) is 1.14. The molecule has 0 aliphatic heterocycles. The van der Waals surface area contributed by atoms with Crippen molar-refractivity contribution in [3.63, 3.8) is 0 Å². The predicted molar refractivity (Wildman–Crippen MR) is 74.8 cm³/mol. The van der Waals surface area contributed by atoms with Crippen molar-refractivity contribution in [2.45, 2.75) is 39.2 Å². The molecule has 4 nitrogen and oxygen atoms in total. The molecule has 1 N–H and O–H groups in total. The van der Waals surface area contributed by atoms with Crippen molar-refractivity contribution in [1.29, 1.82) is 0 Å². The monoisotopic (exact) mass is 266 g/mol. The lowest BCUT2D eigenvalue weighted by Crippen LogP contribution is -2.28. The number of hydrogen-bond acceptors (Lipinski definition) is 5. The summed E-state index contributed by atoms with van der Waals surface area (Å²) in [6.07, 6.45) is 5.71. The maximum atomic E-state index is 4.29. The number of nitrogens with one attached hydrogen (secondary N) is 1. The molecule has 2 saturated carbocycles. The third-order valence-corrected chi connectivity index (χ3v) is 4.42. The van der Waals surface area contributed by atoms with Crippen molar-refractivity contribution in [3.8, 4) is 0 Å². The minimum Gasteiger partial charge on any atom is -0.374 e. The van der Waals surface area contributed by atoms with Gasteiger partial charge in [-0.1, -0.05) is 4.49 Å². The molecule has 0 unspecified atom stereocenters. The van der Waals surface area contributed by atoms with Gasteiger partial charge in [0.1, 0.15) is 10.7 Å². The highest BCUT2D eigenvalue weighted by Gasteiger charge is 2.29. The molecule has 2 aliphatic carbocycles. The molecule has 2 fully saturated rings. The molecule has 0 spiro atoms. The van der Waals surface area contributed by atoms with Crippen molar-refractivity contribution in [1.82, 2.24) is 14.5 Å². The zero-order valence-electron chi connectivity index (χ0n) is 11.1. The predicted octanol–water partition coefficient (Wildman–Crippen LogP) is 2.59. The second-order valence-electron chi connectivity index (χ2n) is 5.66. The fraction of sp³-hybridized carbons (Fsp3) is 0.846. The van der Waals surface area contributed by atoms with E-state index in [-0.39, 0.29) is 0 Å². The van der Waals surface area contributed by atoms with Crippen LogP contribution >= 0.6 is 11.5 Å². The largest absolute Gasteiger partial charge is 0.374 e. The molecule has 18 heavy (non-hydrogen) atoms. The topological polar surface area (TPSA) is 41.1 Å². The highest BCUT2D eigenvalue weighted by atomic mass is 32.1. The first-order valence-corrected chi connectivity index (χ1v) is 7.90. The Morgan fingerprint density at radius 3 is 2.44 bits per heavy atom. The van der Waals surface area contributed by atoms with Crippen molar-refractivity contribution < 1.29 is 0 Å². The van der Waals surface area contributed by atoms with Crippen LogP contribution in [0.2, 0.25) is 0 Å². The molecule has 0 aromatic carbocycles. The summed E-state index contributed by atoms with van der Waals surface area (Å²) in [4.78, 5) is 2.60. The Hall–Kier alpha value is -0.680. The third-order valence-electron chi connectivity index (χ3n) is 3.69. The molecule has 100 valence electrons. The average molecular weight is 266 g/mol. The van der Waals surface area contributed by atoms with Gasteiger partial charge in [-0.15, -0.1) is 5.10 Å². The standard InChI is InChI=1S/C13H22N4S/c1-2-14-13-12(15-16-18-13)9-17(7-10-3-4-10)8-11-5-6-11/h10-11,14H,2-9H2,1H3. The van der Waals surface area contributed by atoms with Gasteiger partial charge in [0, 0.05) is 37.7 Å². The lowest BCUT2D eigenvalue weighted by molar-refractivity contribution is 0.242. The number of nitrogens with zero attached hydrogens (tertiary/aromatic N) is 3. The van der Waals surface area contributed by atoms with E-state index in [1.165, 1.54) is 50.3 Å². The Morgan fingerprint density at radius 1 is 1.22 bits per heavy atom. The van der Waals surface area contributed by atoms with Gasteiger partial charge in [0.2, 0.25) is 0 Å². The molecule has 3 rings (SSSR count). The van der Waals surface area contributed by atoms with Crippen molar-refractivity contribution >= 4 is 16.5 Å². The van der Waals surface area contributed by atoms with Crippen LogP contribution in [0.15, 0.2) is 0 Å². The maximum Gasteiger partial charge on any atom is 0.134 e. The third kappa shape index (κ3) is 3.42. The Labute approximate surface area is 113 Å². The maximum absolute atomic E-state index is 4.29. The van der Waals surface area contributed by atoms with Gasteiger partial charge in [0.05, 0.1) is 0 Å². The van der Waals surface area contributed by atoms with Gasteiger partial charge in [-0.3, -0.25) is 4.90 Å². The van der Waals surface area contributed by atoms with Crippen molar-refractivity contribution in [2.24, 2.45) is 11.8 Å². The Balaban J connectivity index is 1.59. The highest BCUT2D eigenvalue weighted by Crippen LogP contribution is 2.34. The summed E-state index contributed by atoms with van der Waals surface area (Å²) in [5.74, 6) is 1.91. The van der Waals surface area contributed by atoms with Crippen molar-refractivity contribution in [3.05, 3.63) is 5.69 Å². The fourth-order valence-electron chi connectivity index (χ4n) is 2.35. The van der Waals surface area contributed by atoms with E-state index in [2.05, 4.69) is 26.7 Å². The molecule has 5 heteroatoms. The first kappa shape index (κ1) is 12.4. The van der Waals surface area contributed by atoms with Gasteiger partial charge in [-0.05, 0) is 44.4 Å². The van der Waals surface area contributed by atoms with Crippen LogP contribution in [0, 0.1) is 11.8 Å². The normalized spacial score (nSPS) is 19.4. The quantitative estimate of drug-likeness (QED) is 0.785. The summed E-state index contributed by atoms with van der Waals surface area (Å²) in [5, 5.41) is 8.82. The molecule has 0 bridgehead atoms. The van der Waals surface area contributed by atoms with Crippen LogP contribution in [0.4, 0.5) is 5.00 Å². The second kappa shape index (κ2) is 5.53. The Kier molecular flexibility index (Phi) is 3.80. The molecule has 0 saturated heterocycles. The molecule has 1 heterocycles. The molecule has 0 amide bonds. The van der Waals surface area contributed by atoms with Crippen LogP contribution in [0.1, 0.15) is 38.3 Å². The number of aromatic nitrogens is 2. The summed E-state index contributed by atoms with van der Waals surface area (Å²) in [7, 11) is 0. The first-order chi connectivity index (χ1) is 8.85. The number of hydrogen-bond donors (Lipinski definition) is 1. The van der Waals surface area contributed by atoms with Crippen LogP contribution in [0.25, 0.3) is 0 Å². The minimum atomic E-state index is 0.947. The van der Waals surface area contributed by atoms with Crippen LogP contribution in [-0.2, 0) is 6.54 Å². The zero-order valence-corrected chi connectivity index (χ0v) is 11.9. The summed E-state index contributed by atoms with van der Waals surface area (Å²) in [6.45, 7) is 6.57. The summed E-state index contributed by atoms with van der Waals surface area (Å²) < 4.78 is 4.09. The van der Waals surface area contributed by atoms with E-state index in [1.54, 1.807) is 0 Å². The second-order valence-corrected chi connectivity index (χ2v) is 6.41. The molecular formula is C13H22N4S. The van der Waals surface area contributed by atoms with Gasteiger partial charge in [-0.2, -0.15) is 0 Å². The Bertz CT molecular complexity index is 370. The molecular weight excluding hydrogens is 244 g/mol. The van der Waals surface area contributed by atoms with Crippen LogP contribution in [0.5, 0.6) is 0 Å². The van der Waals surface area contributed by atoms with Gasteiger partial charge in [-0.25, -0.2) is 0 Å². The van der Waals surface area contributed by atoms with Crippen LogP contribution in [0.3, 0.4) is 0 Å². The average Bonchev–Trinajstić information content (AvgIpc) is 3.25. The summed E-state index contributed by atoms with van der Waals surface area (Å²) in [6, 6.07) is 0. The summed E-state index contributed by atoms with van der Waals surface area (Å²) >= 11 is 1.49. The van der Waals surface area contributed by atoms with Crippen LogP contribution in [-0.4, -0.2) is 34.1 Å². The fourth-order valence-corrected chi connectivity index (χ4v) is 2.99. The minimum absolute atomic E-state index is 0.947. The zero-order chi connectivity index (χ0) is 12.4. The smallest absolute Gasteiger partial charge is 0.134 e. The van der Waals surface area contributed by atoms with E-state index in [0.717, 1.165) is 35.6 Å². The lowest BCUT2D eigenvalue weighted by atomic mass is 10.3. The van der Waals surface area contributed by atoms with Crippen molar-refractivity contribution in [2.75, 3.05) is 25.0 Å². The van der Waals surface area contributed by atoms with Crippen LogP contribution < -0.4 is 5.32 Å². The molecule has 2 aliphatic rings. The van der Waals surface area contributed by atoms with Gasteiger partial charge >= 0.3 is 0 Å². The van der Waals surface area contributed by atoms with Gasteiger partial charge < -0.3 is 5.32 Å². The molecule has 0 atom stereocenters. The van der Waals surface area contributed by atoms with Gasteiger partial charge in [0.15, 0.2) is 0 Å². The van der Waals surface area contributed by atoms with E-state index in [0.29, 0.717) is 0 Å². The van der Waals surface area contributed by atoms with E-state index in [1.807, 2.05) is 0 Å². The van der Waals surface area contributed by atoms with E-state index >= 15 is 0 Å². The van der Waals surface area contributed by atoms with E-state index in [9.17, 15) is 0 Å². The van der Waals surface area contributed by atoms with E-state index in [4.69, 9.17) is 0 Å². The molecule has 1 aromatic heterocycles. The lowest BCUT2D eigenvalue weighted by Gasteiger charge is -2.21. The number of rotatable bonds is 8. The Morgan fingerprint density at radius 2 is 1.89 bits per heavy atom. The SMILES string of the molecule is CCNc1snnc1CN(CC1CC1)CC1CC1. The highest BCUT2D eigenvalue weighted by molar-refractivity contribution is 7.10. The molecule has 1 aromatic rings. The van der Waals surface area contributed by atoms with Gasteiger partial charge in [0.25, 0.3) is 0 Å².